The molecule has 0 atom stereocenters. The van der Waals surface area contributed by atoms with Crippen molar-refractivity contribution in [1.29, 1.82) is 0 Å². The lowest BCUT2D eigenvalue weighted by atomic mass is 9.96. The Morgan fingerprint density at radius 3 is 2.48 bits per heavy atom. The van der Waals surface area contributed by atoms with Gasteiger partial charge >= 0.3 is 0 Å². The predicted molar refractivity (Wildman–Crippen MR) is 121 cm³/mol. The smallest absolute Gasteiger partial charge is 0.293 e. The molecular formula is C24H26FNO4S. The molecule has 1 fully saturated rings. The Bertz CT molecular complexity index is 1000. The van der Waals surface area contributed by atoms with Crippen LogP contribution < -0.4 is 9.47 Å². The highest BCUT2D eigenvalue weighted by atomic mass is 32.2. The zero-order valence-electron chi connectivity index (χ0n) is 18.1. The minimum Gasteiger partial charge on any atom is -0.494 e. The van der Waals surface area contributed by atoms with Crippen molar-refractivity contribution in [1.82, 2.24) is 4.90 Å². The van der Waals surface area contributed by atoms with Gasteiger partial charge in [-0.25, -0.2) is 4.39 Å². The van der Waals surface area contributed by atoms with Crippen LogP contribution in [0, 0.1) is 12.7 Å². The first-order chi connectivity index (χ1) is 14.8. The summed E-state index contributed by atoms with van der Waals surface area (Å²) in [5.74, 6) is 0.895. The Hall–Kier alpha value is -2.80. The summed E-state index contributed by atoms with van der Waals surface area (Å²) in [5.41, 5.74) is 2.92. The molecule has 0 unspecified atom stereocenters. The zero-order chi connectivity index (χ0) is 22.5. The van der Waals surface area contributed by atoms with Gasteiger partial charge < -0.3 is 9.47 Å². The molecule has 3 rings (SSSR count). The minimum atomic E-state index is -0.353. The maximum absolute atomic E-state index is 13.0. The molecule has 0 N–H and O–H groups in total. The van der Waals surface area contributed by atoms with E-state index in [0.717, 1.165) is 34.2 Å². The lowest BCUT2D eigenvalue weighted by molar-refractivity contribution is -0.123. The molecule has 2 amide bonds. The molecule has 1 heterocycles. The molecule has 5 nitrogen and oxygen atoms in total. The maximum Gasteiger partial charge on any atom is 0.293 e. The average Bonchev–Trinajstić information content (AvgIpc) is 2.98. The summed E-state index contributed by atoms with van der Waals surface area (Å²) < 4.78 is 24.2. The lowest BCUT2D eigenvalue weighted by Crippen LogP contribution is -2.32. The van der Waals surface area contributed by atoms with E-state index in [1.807, 2.05) is 26.0 Å². The summed E-state index contributed by atoms with van der Waals surface area (Å²) in [5, 5.41) is -0.327. The van der Waals surface area contributed by atoms with Crippen LogP contribution in [0.1, 0.15) is 43.4 Å². The number of hydrogen-bond donors (Lipinski definition) is 0. The largest absolute Gasteiger partial charge is 0.494 e. The van der Waals surface area contributed by atoms with Gasteiger partial charge in [-0.3, -0.25) is 14.5 Å². The summed E-state index contributed by atoms with van der Waals surface area (Å²) in [6.07, 6.45) is 1.77. The molecule has 1 aliphatic rings. The van der Waals surface area contributed by atoms with Gasteiger partial charge in [-0.05, 0) is 90.7 Å². The summed E-state index contributed by atoms with van der Waals surface area (Å²) in [6.45, 7) is 8.92. The van der Waals surface area contributed by atoms with Crippen molar-refractivity contribution in [3.63, 3.8) is 0 Å². The monoisotopic (exact) mass is 443 g/mol. The van der Waals surface area contributed by atoms with Gasteiger partial charge in [0.2, 0.25) is 0 Å². The maximum atomic E-state index is 13.0. The number of thioether (sulfide) groups is 1. The summed E-state index contributed by atoms with van der Waals surface area (Å²) in [7, 11) is 0. The Labute approximate surface area is 186 Å². The molecule has 31 heavy (non-hydrogen) atoms. The third-order valence-corrected chi connectivity index (χ3v) is 5.79. The van der Waals surface area contributed by atoms with Crippen LogP contribution in [0.25, 0.3) is 6.08 Å². The quantitative estimate of drug-likeness (QED) is 0.485. The SMILES string of the molecule is CCOc1cc(C)c(/C=C2\SC(=O)N(CCOc3ccc(F)cc3)C2=O)cc1C(C)C. The fourth-order valence-corrected chi connectivity index (χ4v) is 4.08. The second-order valence-electron chi connectivity index (χ2n) is 7.47. The summed E-state index contributed by atoms with van der Waals surface area (Å²) in [6, 6.07) is 9.60. The third-order valence-electron chi connectivity index (χ3n) is 4.88. The van der Waals surface area contributed by atoms with E-state index >= 15 is 0 Å². The third kappa shape index (κ3) is 5.47. The topological polar surface area (TPSA) is 55.8 Å². The number of hydrogen-bond acceptors (Lipinski definition) is 5. The van der Waals surface area contributed by atoms with Crippen molar-refractivity contribution >= 4 is 29.0 Å². The Morgan fingerprint density at radius 2 is 1.84 bits per heavy atom. The van der Waals surface area contributed by atoms with Crippen LogP contribution in [0.2, 0.25) is 0 Å². The predicted octanol–water partition coefficient (Wildman–Crippen LogP) is 5.77. The van der Waals surface area contributed by atoms with Gasteiger partial charge in [0, 0.05) is 0 Å². The molecule has 2 aromatic rings. The first kappa shape index (κ1) is 22.9. The normalized spacial score (nSPS) is 15.3. The summed E-state index contributed by atoms with van der Waals surface area (Å²) in [4.78, 5) is 26.7. The molecular weight excluding hydrogens is 417 g/mol. The van der Waals surface area contributed by atoms with Crippen molar-refractivity contribution in [2.45, 2.75) is 33.6 Å². The lowest BCUT2D eigenvalue weighted by Gasteiger charge is -2.16. The fourth-order valence-electron chi connectivity index (χ4n) is 3.22. The van der Waals surface area contributed by atoms with Crippen molar-refractivity contribution in [3.05, 3.63) is 63.8 Å². The van der Waals surface area contributed by atoms with E-state index in [0.29, 0.717) is 17.3 Å². The van der Waals surface area contributed by atoms with Crippen molar-refractivity contribution in [2.24, 2.45) is 0 Å². The molecule has 7 heteroatoms. The highest BCUT2D eigenvalue weighted by Crippen LogP contribution is 2.35. The average molecular weight is 444 g/mol. The number of halogens is 1. The van der Waals surface area contributed by atoms with Crippen LogP contribution >= 0.6 is 11.8 Å². The van der Waals surface area contributed by atoms with Gasteiger partial charge in [-0.1, -0.05) is 13.8 Å². The number of carbonyl (C=O) groups is 2. The Morgan fingerprint density at radius 1 is 1.13 bits per heavy atom. The zero-order valence-corrected chi connectivity index (χ0v) is 18.9. The number of amides is 2. The van der Waals surface area contributed by atoms with E-state index in [1.165, 1.54) is 29.2 Å². The van der Waals surface area contributed by atoms with Crippen molar-refractivity contribution < 1.29 is 23.5 Å². The Kier molecular flexibility index (Phi) is 7.38. The summed E-state index contributed by atoms with van der Waals surface area (Å²) >= 11 is 0.924. The number of imide groups is 1. The van der Waals surface area contributed by atoms with E-state index in [1.54, 1.807) is 6.08 Å². The van der Waals surface area contributed by atoms with Crippen LogP contribution in [0.3, 0.4) is 0 Å². The van der Waals surface area contributed by atoms with E-state index < -0.39 is 0 Å². The molecule has 0 aliphatic carbocycles. The number of benzene rings is 2. The van der Waals surface area contributed by atoms with E-state index in [2.05, 4.69) is 13.8 Å². The molecule has 1 saturated heterocycles. The van der Waals surface area contributed by atoms with Crippen LogP contribution in [0.15, 0.2) is 41.3 Å². The molecule has 0 saturated carbocycles. The van der Waals surface area contributed by atoms with Crippen LogP contribution in [0.5, 0.6) is 11.5 Å². The van der Waals surface area contributed by atoms with Gasteiger partial charge in [0.25, 0.3) is 11.1 Å². The number of nitrogens with zero attached hydrogens (tertiary/aromatic N) is 1. The molecule has 2 aromatic carbocycles. The number of aryl methyl sites for hydroxylation is 1. The van der Waals surface area contributed by atoms with Gasteiger partial charge in [-0.2, -0.15) is 0 Å². The molecule has 0 radical (unpaired) electrons. The standard InChI is InChI=1S/C24H26FNO4S/c1-5-29-21-12-16(4)17(13-20(21)15(2)3)14-22-23(27)26(24(28)31-22)10-11-30-19-8-6-18(25)7-9-19/h6-9,12-15H,5,10-11H2,1-4H3/b22-14-. The van der Waals surface area contributed by atoms with Crippen LogP contribution in [-0.4, -0.2) is 35.8 Å². The van der Waals surface area contributed by atoms with Crippen LogP contribution in [0.4, 0.5) is 9.18 Å². The van der Waals surface area contributed by atoms with Gasteiger partial charge in [0.15, 0.2) is 0 Å². The number of carbonyl (C=O) groups excluding carboxylic acids is 2. The van der Waals surface area contributed by atoms with E-state index in [4.69, 9.17) is 9.47 Å². The van der Waals surface area contributed by atoms with Crippen molar-refractivity contribution in [3.8, 4) is 11.5 Å². The van der Waals surface area contributed by atoms with Gasteiger partial charge in [0.05, 0.1) is 18.1 Å². The molecule has 0 bridgehead atoms. The molecule has 0 aromatic heterocycles. The second-order valence-corrected chi connectivity index (χ2v) is 8.46. The molecule has 164 valence electrons. The fraction of sp³-hybridized carbons (Fsp3) is 0.333. The molecule has 1 aliphatic heterocycles. The van der Waals surface area contributed by atoms with Gasteiger partial charge in [0.1, 0.15) is 23.9 Å². The first-order valence-electron chi connectivity index (χ1n) is 10.2. The second kappa shape index (κ2) is 10.0. The Balaban J connectivity index is 1.73. The highest BCUT2D eigenvalue weighted by Gasteiger charge is 2.35. The highest BCUT2D eigenvalue weighted by molar-refractivity contribution is 8.18. The van der Waals surface area contributed by atoms with Crippen LogP contribution in [-0.2, 0) is 4.79 Å². The molecule has 0 spiro atoms. The van der Waals surface area contributed by atoms with Gasteiger partial charge in [-0.15, -0.1) is 0 Å². The van der Waals surface area contributed by atoms with E-state index in [-0.39, 0.29) is 36.0 Å². The number of rotatable bonds is 8. The number of ether oxygens (including phenoxy) is 2. The minimum absolute atomic E-state index is 0.124. The van der Waals surface area contributed by atoms with Crippen molar-refractivity contribution in [2.75, 3.05) is 19.8 Å². The first-order valence-corrected chi connectivity index (χ1v) is 11.0. The van der Waals surface area contributed by atoms with E-state index in [9.17, 15) is 14.0 Å².